The number of H-pyrrole nitrogens is 1. The van der Waals surface area contributed by atoms with Crippen molar-refractivity contribution in [3.8, 4) is 0 Å². The molecule has 6 heteroatoms. The van der Waals surface area contributed by atoms with Crippen molar-refractivity contribution in [1.29, 1.82) is 0 Å². The molecule has 0 spiro atoms. The van der Waals surface area contributed by atoms with Crippen LogP contribution in [0.25, 0.3) is 10.9 Å². The van der Waals surface area contributed by atoms with E-state index in [1.54, 1.807) is 0 Å². The summed E-state index contributed by atoms with van der Waals surface area (Å²) in [6.45, 7) is 0. The Morgan fingerprint density at radius 3 is 2.47 bits per heavy atom. The summed E-state index contributed by atoms with van der Waals surface area (Å²) < 4.78 is 27.1. The van der Waals surface area contributed by atoms with Gasteiger partial charge >= 0.3 is 5.69 Å². The van der Waals surface area contributed by atoms with Crippen molar-refractivity contribution in [2.24, 2.45) is 0 Å². The zero-order valence-corrected chi connectivity index (χ0v) is 8.67. The second kappa shape index (κ2) is 3.26. The molecule has 2 aromatic rings. The van der Waals surface area contributed by atoms with E-state index in [2.05, 4.69) is 4.98 Å². The number of halogens is 2. The molecule has 1 aromatic heterocycles. The Kier molecular flexibility index (Phi) is 1.95. The van der Waals surface area contributed by atoms with Gasteiger partial charge in [0.05, 0.1) is 10.9 Å². The first-order valence-electron chi connectivity index (χ1n) is 5.21. The van der Waals surface area contributed by atoms with E-state index in [4.69, 9.17) is 0 Å². The summed E-state index contributed by atoms with van der Waals surface area (Å²) in [4.78, 5) is 26.0. The lowest BCUT2D eigenvalue weighted by Crippen LogP contribution is -2.34. The van der Waals surface area contributed by atoms with E-state index in [0.29, 0.717) is 0 Å². The molecule has 0 amide bonds. The quantitative estimate of drug-likeness (QED) is 0.814. The van der Waals surface area contributed by atoms with Crippen LogP contribution < -0.4 is 11.2 Å². The summed E-state index contributed by atoms with van der Waals surface area (Å²) in [5, 5.41) is -0.00426. The molecule has 1 N–H and O–H groups in total. The average Bonchev–Trinajstić information content (AvgIpc) is 3.06. The minimum Gasteiger partial charge on any atom is -0.307 e. The number of hydrogen-bond donors (Lipinski definition) is 1. The molecule has 0 atom stereocenters. The highest BCUT2D eigenvalue weighted by Gasteiger charge is 2.27. The molecule has 88 valence electrons. The highest BCUT2D eigenvalue weighted by molar-refractivity contribution is 5.77. The van der Waals surface area contributed by atoms with E-state index in [1.165, 1.54) is 0 Å². The summed E-state index contributed by atoms with van der Waals surface area (Å²) in [5.74, 6) is -2.18. The van der Waals surface area contributed by atoms with Crippen molar-refractivity contribution in [3.63, 3.8) is 0 Å². The van der Waals surface area contributed by atoms with Crippen LogP contribution in [0.15, 0.2) is 21.7 Å². The number of hydrogen-bond acceptors (Lipinski definition) is 2. The standard InChI is InChI=1S/C11H8F2N2O2/c12-7-3-6-9(4-8(7)13)14-11(17)15(10(6)16)5-1-2-5/h3-5H,1-2H2,(H,14,17). The van der Waals surface area contributed by atoms with Crippen LogP contribution in [-0.2, 0) is 0 Å². The molecule has 0 radical (unpaired) electrons. The van der Waals surface area contributed by atoms with Crippen LogP contribution in [0.4, 0.5) is 8.78 Å². The fraction of sp³-hybridized carbons (Fsp3) is 0.273. The molecule has 17 heavy (non-hydrogen) atoms. The Morgan fingerprint density at radius 1 is 1.18 bits per heavy atom. The van der Waals surface area contributed by atoms with Gasteiger partial charge in [-0.05, 0) is 18.9 Å². The SMILES string of the molecule is O=c1[nH]c2cc(F)c(F)cc2c(=O)n1C1CC1. The summed E-state index contributed by atoms with van der Waals surface area (Å²) in [5.41, 5.74) is -1.11. The van der Waals surface area contributed by atoms with Crippen molar-refractivity contribution in [1.82, 2.24) is 9.55 Å². The van der Waals surface area contributed by atoms with E-state index in [1.807, 2.05) is 0 Å². The van der Waals surface area contributed by atoms with E-state index >= 15 is 0 Å². The molecule has 1 saturated carbocycles. The number of fused-ring (bicyclic) bond motifs is 1. The summed E-state index contributed by atoms with van der Waals surface area (Å²) >= 11 is 0. The van der Waals surface area contributed by atoms with E-state index in [-0.39, 0.29) is 16.9 Å². The summed E-state index contributed by atoms with van der Waals surface area (Å²) in [6.07, 6.45) is 1.52. The molecule has 1 aliphatic carbocycles. The lowest BCUT2D eigenvalue weighted by molar-refractivity contribution is 0.510. The van der Waals surface area contributed by atoms with E-state index in [0.717, 1.165) is 29.5 Å². The Labute approximate surface area is 93.5 Å². The maximum Gasteiger partial charge on any atom is 0.329 e. The smallest absolute Gasteiger partial charge is 0.307 e. The third kappa shape index (κ3) is 1.48. The number of aromatic nitrogens is 2. The minimum atomic E-state index is -1.09. The van der Waals surface area contributed by atoms with Crippen LogP contribution in [0.3, 0.4) is 0 Å². The molecule has 1 heterocycles. The number of nitrogens with one attached hydrogen (secondary N) is 1. The maximum atomic E-state index is 13.1. The van der Waals surface area contributed by atoms with Crippen LogP contribution in [0.5, 0.6) is 0 Å². The summed E-state index contributed by atoms with van der Waals surface area (Å²) in [7, 11) is 0. The zero-order valence-electron chi connectivity index (χ0n) is 8.67. The fourth-order valence-corrected chi connectivity index (χ4v) is 1.89. The predicted octanol–water partition coefficient (Wildman–Crippen LogP) is 1.30. The van der Waals surface area contributed by atoms with Crippen LogP contribution in [0.2, 0.25) is 0 Å². The van der Waals surface area contributed by atoms with Gasteiger partial charge < -0.3 is 4.98 Å². The lowest BCUT2D eigenvalue weighted by atomic mass is 10.2. The topological polar surface area (TPSA) is 54.9 Å². The Bertz CT molecular complexity index is 729. The summed E-state index contributed by atoms with van der Waals surface area (Å²) in [6, 6.07) is 1.54. The van der Waals surface area contributed by atoms with Gasteiger partial charge in [-0.15, -0.1) is 0 Å². The third-order valence-corrected chi connectivity index (χ3v) is 2.88. The third-order valence-electron chi connectivity index (χ3n) is 2.88. The first kappa shape index (κ1) is 10.2. The molecule has 0 aliphatic heterocycles. The van der Waals surface area contributed by atoms with Gasteiger partial charge in [0.2, 0.25) is 0 Å². The molecular formula is C11H8F2N2O2. The molecule has 4 nitrogen and oxygen atoms in total. The van der Waals surface area contributed by atoms with Gasteiger partial charge in [-0.3, -0.25) is 9.36 Å². The zero-order chi connectivity index (χ0) is 12.2. The lowest BCUT2D eigenvalue weighted by Gasteiger charge is -2.04. The van der Waals surface area contributed by atoms with Crippen LogP contribution in [-0.4, -0.2) is 9.55 Å². The number of benzene rings is 1. The average molecular weight is 238 g/mol. The first-order chi connectivity index (χ1) is 8.08. The van der Waals surface area contributed by atoms with Gasteiger partial charge in [0.25, 0.3) is 5.56 Å². The maximum absolute atomic E-state index is 13.1. The monoisotopic (exact) mass is 238 g/mol. The molecule has 1 aromatic carbocycles. The van der Waals surface area contributed by atoms with Crippen molar-refractivity contribution in [2.45, 2.75) is 18.9 Å². The fourth-order valence-electron chi connectivity index (χ4n) is 1.89. The van der Waals surface area contributed by atoms with Crippen LogP contribution in [0.1, 0.15) is 18.9 Å². The molecule has 1 fully saturated rings. The van der Waals surface area contributed by atoms with Gasteiger partial charge in [0.1, 0.15) is 0 Å². The molecule has 3 rings (SSSR count). The van der Waals surface area contributed by atoms with Gasteiger partial charge in [-0.25, -0.2) is 13.6 Å². The molecule has 0 bridgehead atoms. The van der Waals surface area contributed by atoms with E-state index in [9.17, 15) is 18.4 Å². The normalized spacial score (nSPS) is 15.4. The Balaban J connectivity index is 2.44. The second-order valence-corrected chi connectivity index (χ2v) is 4.15. The van der Waals surface area contributed by atoms with Gasteiger partial charge in [-0.2, -0.15) is 0 Å². The molecule has 0 unspecified atom stereocenters. The highest BCUT2D eigenvalue weighted by atomic mass is 19.2. The van der Waals surface area contributed by atoms with Crippen molar-refractivity contribution in [2.75, 3.05) is 0 Å². The number of rotatable bonds is 1. The van der Waals surface area contributed by atoms with Gasteiger partial charge in [0, 0.05) is 12.1 Å². The Morgan fingerprint density at radius 2 is 1.82 bits per heavy atom. The first-order valence-corrected chi connectivity index (χ1v) is 5.21. The molecular weight excluding hydrogens is 230 g/mol. The van der Waals surface area contributed by atoms with Gasteiger partial charge in [-0.1, -0.05) is 0 Å². The van der Waals surface area contributed by atoms with Crippen molar-refractivity contribution >= 4 is 10.9 Å². The van der Waals surface area contributed by atoms with Crippen LogP contribution in [0, 0.1) is 11.6 Å². The Hall–Kier alpha value is -1.98. The minimum absolute atomic E-state index is 0.00426. The van der Waals surface area contributed by atoms with Crippen molar-refractivity contribution < 1.29 is 8.78 Å². The highest BCUT2D eigenvalue weighted by Crippen LogP contribution is 2.32. The van der Waals surface area contributed by atoms with Crippen LogP contribution >= 0.6 is 0 Å². The second-order valence-electron chi connectivity index (χ2n) is 4.15. The largest absolute Gasteiger partial charge is 0.329 e. The number of nitrogens with zero attached hydrogens (tertiary/aromatic N) is 1. The number of aromatic amines is 1. The molecule has 1 aliphatic rings. The van der Waals surface area contributed by atoms with E-state index < -0.39 is 22.9 Å². The van der Waals surface area contributed by atoms with Gasteiger partial charge in [0.15, 0.2) is 11.6 Å². The molecule has 0 saturated heterocycles. The van der Waals surface area contributed by atoms with Crippen molar-refractivity contribution in [3.05, 3.63) is 44.6 Å². The predicted molar refractivity (Wildman–Crippen MR) is 57.0 cm³/mol.